The largest absolute Gasteiger partial charge is 0.462 e. The molecular weight excluding hydrogens is 288 g/mol. The predicted octanol–water partition coefficient (Wildman–Crippen LogP) is 3.22. The zero-order valence-electron chi connectivity index (χ0n) is 12.4. The Morgan fingerprint density at radius 3 is 2.86 bits per heavy atom. The second kappa shape index (κ2) is 7.36. The minimum absolute atomic E-state index is 0.152. The standard InChI is InChI=1S/C15H20N2O3S/c1-3-5-6-7-8-17-10-16-13-12(14(17)18)11(9-21-13)15(19)20-4-2/h9-10H,3-8H2,1-2H3. The first-order valence-electron chi connectivity index (χ1n) is 7.32. The first-order chi connectivity index (χ1) is 10.2. The summed E-state index contributed by atoms with van der Waals surface area (Å²) in [6, 6.07) is 0. The third-order valence-corrected chi connectivity index (χ3v) is 4.19. The van der Waals surface area contributed by atoms with Crippen LogP contribution in [0, 0.1) is 0 Å². The van der Waals surface area contributed by atoms with Gasteiger partial charge in [0, 0.05) is 11.9 Å². The molecule has 0 spiro atoms. The van der Waals surface area contributed by atoms with Crippen molar-refractivity contribution in [3.05, 3.63) is 27.6 Å². The van der Waals surface area contributed by atoms with Gasteiger partial charge in [-0.3, -0.25) is 9.36 Å². The summed E-state index contributed by atoms with van der Waals surface area (Å²) in [4.78, 5) is 29.3. The van der Waals surface area contributed by atoms with Crippen LogP contribution in [0.4, 0.5) is 0 Å². The minimum atomic E-state index is -0.452. The Hall–Kier alpha value is -1.69. The fourth-order valence-corrected chi connectivity index (χ4v) is 3.06. The molecular formula is C15H20N2O3S. The average molecular weight is 308 g/mol. The van der Waals surface area contributed by atoms with Crippen LogP contribution in [0.5, 0.6) is 0 Å². The van der Waals surface area contributed by atoms with Crippen LogP contribution in [0.1, 0.15) is 49.9 Å². The van der Waals surface area contributed by atoms with Gasteiger partial charge in [-0.2, -0.15) is 0 Å². The molecule has 0 radical (unpaired) electrons. The molecule has 21 heavy (non-hydrogen) atoms. The highest BCUT2D eigenvalue weighted by atomic mass is 32.1. The number of rotatable bonds is 7. The number of aryl methyl sites for hydroxylation is 1. The highest BCUT2D eigenvalue weighted by Gasteiger charge is 2.18. The van der Waals surface area contributed by atoms with Crippen molar-refractivity contribution in [2.75, 3.05) is 6.61 Å². The van der Waals surface area contributed by atoms with Crippen LogP contribution in [0.25, 0.3) is 10.2 Å². The van der Waals surface area contributed by atoms with Crippen molar-refractivity contribution in [1.29, 1.82) is 0 Å². The van der Waals surface area contributed by atoms with Crippen molar-refractivity contribution in [1.82, 2.24) is 9.55 Å². The van der Waals surface area contributed by atoms with E-state index >= 15 is 0 Å². The van der Waals surface area contributed by atoms with Crippen LogP contribution in [0.2, 0.25) is 0 Å². The summed E-state index contributed by atoms with van der Waals surface area (Å²) >= 11 is 1.30. The number of fused-ring (bicyclic) bond motifs is 1. The topological polar surface area (TPSA) is 61.2 Å². The Kier molecular flexibility index (Phi) is 5.50. The number of hydrogen-bond donors (Lipinski definition) is 0. The maximum Gasteiger partial charge on any atom is 0.339 e. The molecule has 0 amide bonds. The molecule has 2 rings (SSSR count). The van der Waals surface area contributed by atoms with E-state index in [2.05, 4.69) is 11.9 Å². The summed E-state index contributed by atoms with van der Waals surface area (Å²) in [6.07, 6.45) is 5.93. The number of ether oxygens (including phenoxy) is 1. The number of aromatic nitrogens is 2. The van der Waals surface area contributed by atoms with Gasteiger partial charge >= 0.3 is 5.97 Å². The molecule has 0 fully saturated rings. The van der Waals surface area contributed by atoms with E-state index in [1.54, 1.807) is 23.2 Å². The lowest BCUT2D eigenvalue weighted by Crippen LogP contribution is -2.21. The van der Waals surface area contributed by atoms with E-state index in [4.69, 9.17) is 4.74 Å². The normalized spacial score (nSPS) is 11.0. The molecule has 0 saturated carbocycles. The molecule has 2 aromatic heterocycles. The summed E-state index contributed by atoms with van der Waals surface area (Å²) < 4.78 is 6.58. The molecule has 0 N–H and O–H groups in total. The maximum atomic E-state index is 12.5. The molecule has 5 nitrogen and oxygen atoms in total. The van der Waals surface area contributed by atoms with Crippen LogP contribution in [0.3, 0.4) is 0 Å². The van der Waals surface area contributed by atoms with Crippen molar-refractivity contribution in [3.8, 4) is 0 Å². The van der Waals surface area contributed by atoms with Crippen molar-refractivity contribution < 1.29 is 9.53 Å². The Morgan fingerprint density at radius 2 is 2.14 bits per heavy atom. The first kappa shape index (κ1) is 15.7. The lowest BCUT2D eigenvalue weighted by molar-refractivity contribution is 0.0529. The zero-order valence-corrected chi connectivity index (χ0v) is 13.2. The average Bonchev–Trinajstić information content (AvgIpc) is 2.91. The summed E-state index contributed by atoms with van der Waals surface area (Å²) in [6.45, 7) is 4.83. The van der Waals surface area contributed by atoms with Crippen LogP contribution in [0.15, 0.2) is 16.5 Å². The molecule has 0 aliphatic carbocycles. The molecule has 0 aliphatic heterocycles. The van der Waals surface area contributed by atoms with E-state index < -0.39 is 5.97 Å². The molecule has 6 heteroatoms. The van der Waals surface area contributed by atoms with E-state index in [-0.39, 0.29) is 5.56 Å². The maximum absolute atomic E-state index is 12.5. The van der Waals surface area contributed by atoms with Crippen molar-refractivity contribution in [3.63, 3.8) is 0 Å². The van der Waals surface area contributed by atoms with Crippen LogP contribution >= 0.6 is 11.3 Å². The first-order valence-corrected chi connectivity index (χ1v) is 8.20. The van der Waals surface area contributed by atoms with E-state index in [9.17, 15) is 9.59 Å². The van der Waals surface area contributed by atoms with Gasteiger partial charge in [-0.15, -0.1) is 11.3 Å². The number of thiophene rings is 1. The highest BCUT2D eigenvalue weighted by molar-refractivity contribution is 7.17. The van der Waals surface area contributed by atoms with Crippen molar-refractivity contribution >= 4 is 27.5 Å². The van der Waals surface area contributed by atoms with Gasteiger partial charge in [0.15, 0.2) is 0 Å². The summed E-state index contributed by atoms with van der Waals surface area (Å²) in [5.74, 6) is -0.452. The molecule has 0 atom stereocenters. The lowest BCUT2D eigenvalue weighted by atomic mass is 10.2. The number of esters is 1. The highest BCUT2D eigenvalue weighted by Crippen LogP contribution is 2.21. The van der Waals surface area contributed by atoms with Crippen molar-refractivity contribution in [2.24, 2.45) is 0 Å². The number of carbonyl (C=O) groups is 1. The SMILES string of the molecule is CCCCCCn1cnc2scc(C(=O)OCC)c2c1=O. The second-order valence-electron chi connectivity index (χ2n) is 4.85. The number of unbranched alkanes of at least 4 members (excludes halogenated alkanes) is 3. The van der Waals surface area contributed by atoms with E-state index in [1.807, 2.05) is 0 Å². The Bertz CT molecular complexity index is 675. The zero-order chi connectivity index (χ0) is 15.2. The third kappa shape index (κ3) is 3.50. The van der Waals surface area contributed by atoms with Crippen LogP contribution in [-0.4, -0.2) is 22.1 Å². The van der Waals surface area contributed by atoms with Gasteiger partial charge in [-0.1, -0.05) is 26.2 Å². The molecule has 2 heterocycles. The van der Waals surface area contributed by atoms with E-state index in [0.717, 1.165) is 25.7 Å². The summed E-state index contributed by atoms with van der Waals surface area (Å²) in [7, 11) is 0. The van der Waals surface area contributed by atoms with Gasteiger partial charge < -0.3 is 4.74 Å². The van der Waals surface area contributed by atoms with E-state index in [1.165, 1.54) is 11.3 Å². The monoisotopic (exact) mass is 308 g/mol. The van der Waals surface area contributed by atoms with Gasteiger partial charge in [-0.25, -0.2) is 9.78 Å². The van der Waals surface area contributed by atoms with Crippen molar-refractivity contribution in [2.45, 2.75) is 46.1 Å². The molecule has 0 unspecified atom stereocenters. The number of hydrogen-bond acceptors (Lipinski definition) is 5. The molecule has 0 saturated heterocycles. The Morgan fingerprint density at radius 1 is 1.33 bits per heavy atom. The molecule has 0 aromatic carbocycles. The molecule has 114 valence electrons. The van der Waals surface area contributed by atoms with Gasteiger partial charge in [0.1, 0.15) is 4.83 Å². The second-order valence-corrected chi connectivity index (χ2v) is 5.71. The summed E-state index contributed by atoms with van der Waals surface area (Å²) in [5.41, 5.74) is 0.179. The molecule has 0 bridgehead atoms. The van der Waals surface area contributed by atoms with Crippen LogP contribution in [-0.2, 0) is 11.3 Å². The Labute approximate surface area is 127 Å². The van der Waals surface area contributed by atoms with Gasteiger partial charge in [0.2, 0.25) is 0 Å². The quantitative estimate of drug-likeness (QED) is 0.582. The van der Waals surface area contributed by atoms with E-state index in [0.29, 0.717) is 28.9 Å². The molecule has 2 aromatic rings. The van der Waals surface area contributed by atoms with Gasteiger partial charge in [0.05, 0.1) is 23.9 Å². The van der Waals surface area contributed by atoms with Gasteiger partial charge in [-0.05, 0) is 13.3 Å². The predicted molar refractivity (Wildman–Crippen MR) is 84.0 cm³/mol. The molecule has 0 aliphatic rings. The number of nitrogens with zero attached hydrogens (tertiary/aromatic N) is 2. The minimum Gasteiger partial charge on any atom is -0.462 e. The fourth-order valence-electron chi connectivity index (χ4n) is 2.19. The van der Waals surface area contributed by atoms with Gasteiger partial charge in [0.25, 0.3) is 5.56 Å². The summed E-state index contributed by atoms with van der Waals surface area (Å²) in [5, 5.41) is 2.04. The number of carbonyl (C=O) groups excluding carboxylic acids is 1. The third-order valence-electron chi connectivity index (χ3n) is 3.31. The lowest BCUT2D eigenvalue weighted by Gasteiger charge is -2.05. The van der Waals surface area contributed by atoms with Crippen LogP contribution < -0.4 is 5.56 Å². The fraction of sp³-hybridized carbons (Fsp3) is 0.533. The smallest absolute Gasteiger partial charge is 0.339 e. The Balaban J connectivity index is 2.29.